The fourth-order valence-corrected chi connectivity index (χ4v) is 3.92. The van der Waals surface area contributed by atoms with Crippen LogP contribution in [0.15, 0.2) is 66.9 Å². The summed E-state index contributed by atoms with van der Waals surface area (Å²) in [7, 11) is 0. The van der Waals surface area contributed by atoms with Crippen LogP contribution >= 0.6 is 0 Å². The lowest BCUT2D eigenvalue weighted by atomic mass is 9.98. The lowest BCUT2D eigenvalue weighted by Crippen LogP contribution is -2.24. The normalized spacial score (nSPS) is 13.3. The second-order valence-corrected chi connectivity index (χ2v) is 7.74. The van der Waals surface area contributed by atoms with Crippen molar-refractivity contribution in [2.45, 2.75) is 32.9 Å². The summed E-state index contributed by atoms with van der Waals surface area (Å²) in [6.45, 7) is 4.19. The summed E-state index contributed by atoms with van der Waals surface area (Å²) in [5.74, 6) is 0.353. The first-order valence-electron chi connectivity index (χ1n) is 11.0. The number of hydrogen-bond donors (Lipinski definition) is 1. The number of aromatic nitrogens is 1. The largest absolute Gasteiger partial charge is 0.477 e. The van der Waals surface area contributed by atoms with Gasteiger partial charge in [-0.05, 0) is 47.7 Å². The number of rotatable bonds is 8. The van der Waals surface area contributed by atoms with Gasteiger partial charge in [-0.25, -0.2) is 4.98 Å². The Labute approximate surface area is 188 Å². The maximum absolute atomic E-state index is 12.7. The zero-order valence-electron chi connectivity index (χ0n) is 18.2. The van der Waals surface area contributed by atoms with Crippen molar-refractivity contribution in [2.24, 2.45) is 0 Å². The molecule has 164 valence electrons. The maximum Gasteiger partial charge on any atom is 0.257 e. The monoisotopic (exact) mass is 429 g/mol. The van der Waals surface area contributed by atoms with E-state index in [4.69, 9.17) is 4.74 Å². The van der Waals surface area contributed by atoms with Gasteiger partial charge < -0.3 is 15.0 Å². The SMILES string of the molecule is CCOc1ncccc1C(=O)NCc1ccccc1-c1ccc(CN2CCCC2=O)cc1. The highest BCUT2D eigenvalue weighted by Gasteiger charge is 2.20. The molecule has 2 amide bonds. The van der Waals surface area contributed by atoms with Gasteiger partial charge in [0.15, 0.2) is 0 Å². The molecule has 0 radical (unpaired) electrons. The minimum absolute atomic E-state index is 0.220. The molecule has 3 aromatic rings. The van der Waals surface area contributed by atoms with E-state index in [2.05, 4.69) is 40.6 Å². The van der Waals surface area contributed by atoms with Crippen molar-refractivity contribution in [3.63, 3.8) is 0 Å². The molecule has 6 nitrogen and oxygen atoms in total. The molecule has 0 unspecified atom stereocenters. The predicted octanol–water partition coefficient (Wildman–Crippen LogP) is 4.20. The van der Waals surface area contributed by atoms with E-state index in [1.54, 1.807) is 18.3 Å². The highest BCUT2D eigenvalue weighted by atomic mass is 16.5. The second kappa shape index (κ2) is 10.1. The van der Waals surface area contributed by atoms with Gasteiger partial charge in [-0.1, -0.05) is 48.5 Å². The summed E-state index contributed by atoms with van der Waals surface area (Å²) in [6, 6.07) is 19.7. The molecule has 1 fully saturated rings. The molecule has 0 bridgehead atoms. The first kappa shape index (κ1) is 21.6. The molecule has 32 heavy (non-hydrogen) atoms. The molecule has 0 aliphatic carbocycles. The Hall–Kier alpha value is -3.67. The number of benzene rings is 2. The number of amides is 2. The van der Waals surface area contributed by atoms with Crippen molar-refractivity contribution in [3.05, 3.63) is 83.6 Å². The van der Waals surface area contributed by atoms with Gasteiger partial charge in [-0.2, -0.15) is 0 Å². The van der Waals surface area contributed by atoms with E-state index >= 15 is 0 Å². The maximum atomic E-state index is 12.7. The molecule has 1 aliphatic rings. The Bertz CT molecular complexity index is 1100. The molecule has 1 saturated heterocycles. The van der Waals surface area contributed by atoms with Crippen molar-refractivity contribution < 1.29 is 14.3 Å². The van der Waals surface area contributed by atoms with Crippen LogP contribution in [0.25, 0.3) is 11.1 Å². The summed E-state index contributed by atoms with van der Waals surface area (Å²) in [5.41, 5.74) is 4.70. The highest BCUT2D eigenvalue weighted by Crippen LogP contribution is 2.25. The Kier molecular flexibility index (Phi) is 6.80. The van der Waals surface area contributed by atoms with Gasteiger partial charge in [0.05, 0.1) is 6.61 Å². The van der Waals surface area contributed by atoms with Crippen LogP contribution in [0.4, 0.5) is 0 Å². The van der Waals surface area contributed by atoms with Crippen LogP contribution in [0.2, 0.25) is 0 Å². The predicted molar refractivity (Wildman–Crippen MR) is 123 cm³/mol. The van der Waals surface area contributed by atoms with Gasteiger partial charge in [-0.3, -0.25) is 9.59 Å². The molecule has 4 rings (SSSR count). The Morgan fingerprint density at radius 2 is 1.91 bits per heavy atom. The number of nitrogens with zero attached hydrogens (tertiary/aromatic N) is 2. The number of carbonyl (C=O) groups excluding carboxylic acids is 2. The van der Waals surface area contributed by atoms with Crippen LogP contribution in [0.1, 0.15) is 41.3 Å². The third kappa shape index (κ3) is 4.97. The molecule has 1 aliphatic heterocycles. The van der Waals surface area contributed by atoms with E-state index in [0.29, 0.717) is 37.6 Å². The van der Waals surface area contributed by atoms with Gasteiger partial charge in [0.25, 0.3) is 5.91 Å². The van der Waals surface area contributed by atoms with Crippen LogP contribution in [-0.4, -0.2) is 34.8 Å². The van der Waals surface area contributed by atoms with E-state index < -0.39 is 0 Å². The lowest BCUT2D eigenvalue weighted by molar-refractivity contribution is -0.128. The molecule has 0 spiro atoms. The fraction of sp³-hybridized carbons (Fsp3) is 0.269. The second-order valence-electron chi connectivity index (χ2n) is 7.74. The zero-order chi connectivity index (χ0) is 22.3. The smallest absolute Gasteiger partial charge is 0.257 e. The number of hydrogen-bond acceptors (Lipinski definition) is 4. The summed E-state index contributed by atoms with van der Waals surface area (Å²) >= 11 is 0. The van der Waals surface area contributed by atoms with E-state index in [1.165, 1.54) is 0 Å². The molecule has 2 aromatic carbocycles. The first-order valence-corrected chi connectivity index (χ1v) is 11.0. The van der Waals surface area contributed by atoms with Gasteiger partial charge in [0.2, 0.25) is 11.8 Å². The van der Waals surface area contributed by atoms with Crippen LogP contribution in [0.5, 0.6) is 5.88 Å². The minimum atomic E-state index is -0.220. The van der Waals surface area contributed by atoms with Gasteiger partial charge in [0.1, 0.15) is 5.56 Å². The number of nitrogens with one attached hydrogen (secondary N) is 1. The van der Waals surface area contributed by atoms with Crippen molar-refractivity contribution >= 4 is 11.8 Å². The van der Waals surface area contributed by atoms with Crippen molar-refractivity contribution in [2.75, 3.05) is 13.2 Å². The Balaban J connectivity index is 1.46. The van der Waals surface area contributed by atoms with E-state index in [9.17, 15) is 9.59 Å². The Morgan fingerprint density at radius 1 is 1.09 bits per heavy atom. The summed E-state index contributed by atoms with van der Waals surface area (Å²) in [4.78, 5) is 30.7. The molecule has 6 heteroatoms. The van der Waals surface area contributed by atoms with Gasteiger partial charge >= 0.3 is 0 Å². The van der Waals surface area contributed by atoms with Crippen molar-refractivity contribution in [1.29, 1.82) is 0 Å². The van der Waals surface area contributed by atoms with Crippen molar-refractivity contribution in [3.8, 4) is 17.0 Å². The highest BCUT2D eigenvalue weighted by molar-refractivity contribution is 5.96. The average Bonchev–Trinajstić information content (AvgIpc) is 3.23. The third-order valence-corrected chi connectivity index (χ3v) is 5.56. The number of ether oxygens (including phenoxy) is 1. The quantitative estimate of drug-likeness (QED) is 0.583. The Morgan fingerprint density at radius 3 is 2.66 bits per heavy atom. The number of likely N-dealkylation sites (tertiary alicyclic amines) is 1. The number of carbonyl (C=O) groups is 2. The first-order chi connectivity index (χ1) is 15.7. The van der Waals surface area contributed by atoms with Gasteiger partial charge in [-0.15, -0.1) is 0 Å². The molecule has 0 saturated carbocycles. The topological polar surface area (TPSA) is 71.5 Å². The van der Waals surface area contributed by atoms with E-state index in [-0.39, 0.29) is 11.8 Å². The molecular formula is C26H27N3O3. The van der Waals surface area contributed by atoms with Gasteiger partial charge in [0, 0.05) is 32.3 Å². The van der Waals surface area contributed by atoms with E-state index in [1.807, 2.05) is 30.0 Å². The van der Waals surface area contributed by atoms with Crippen LogP contribution in [0.3, 0.4) is 0 Å². The van der Waals surface area contributed by atoms with Crippen LogP contribution < -0.4 is 10.1 Å². The standard InChI is InChI=1S/C26H27N3O3/c1-2-32-26-23(9-5-15-27-26)25(31)28-17-21-7-3-4-8-22(21)20-13-11-19(12-14-20)18-29-16-6-10-24(29)30/h3-5,7-9,11-15H,2,6,10,16-18H2,1H3,(H,28,31). The average molecular weight is 430 g/mol. The number of pyridine rings is 1. The molecule has 2 heterocycles. The molecule has 0 atom stereocenters. The summed E-state index contributed by atoms with van der Waals surface area (Å²) < 4.78 is 5.47. The zero-order valence-corrected chi connectivity index (χ0v) is 18.2. The molecular weight excluding hydrogens is 402 g/mol. The third-order valence-electron chi connectivity index (χ3n) is 5.56. The minimum Gasteiger partial charge on any atom is -0.477 e. The van der Waals surface area contributed by atoms with E-state index in [0.717, 1.165) is 35.2 Å². The van der Waals surface area contributed by atoms with Crippen LogP contribution in [0, 0.1) is 0 Å². The summed E-state index contributed by atoms with van der Waals surface area (Å²) in [5, 5.41) is 2.99. The lowest BCUT2D eigenvalue weighted by Gasteiger charge is -2.16. The molecule has 1 N–H and O–H groups in total. The van der Waals surface area contributed by atoms with Crippen LogP contribution in [-0.2, 0) is 17.9 Å². The van der Waals surface area contributed by atoms with Crippen molar-refractivity contribution in [1.82, 2.24) is 15.2 Å². The molecule has 1 aromatic heterocycles. The fourth-order valence-electron chi connectivity index (χ4n) is 3.92. The summed E-state index contributed by atoms with van der Waals surface area (Å²) in [6.07, 6.45) is 3.21.